The first-order valence-corrected chi connectivity index (χ1v) is 4.02. The van der Waals surface area contributed by atoms with Crippen LogP contribution >= 0.6 is 0 Å². The SMILES string of the molecule is CN1CCC(n2ccnc2)C1. The summed E-state index contributed by atoms with van der Waals surface area (Å²) in [5.74, 6) is 0. The molecule has 1 aromatic heterocycles. The topological polar surface area (TPSA) is 21.1 Å². The Balaban J connectivity index is 2.08. The third kappa shape index (κ3) is 1.28. The maximum atomic E-state index is 4.04. The van der Waals surface area contributed by atoms with E-state index in [0.29, 0.717) is 6.04 Å². The minimum absolute atomic E-state index is 0.655. The monoisotopic (exact) mass is 151 g/mol. The highest BCUT2D eigenvalue weighted by Gasteiger charge is 2.19. The molecule has 2 rings (SSSR count). The van der Waals surface area contributed by atoms with Gasteiger partial charge in [-0.15, -0.1) is 0 Å². The molecular weight excluding hydrogens is 138 g/mol. The first kappa shape index (κ1) is 6.85. The van der Waals surface area contributed by atoms with Gasteiger partial charge in [0, 0.05) is 25.0 Å². The predicted octanol–water partition coefficient (Wildman–Crippen LogP) is 0.760. The molecule has 0 radical (unpaired) electrons. The molecule has 0 aromatic carbocycles. The molecule has 1 saturated heterocycles. The van der Waals surface area contributed by atoms with Crippen molar-refractivity contribution in [1.82, 2.24) is 14.5 Å². The molecule has 0 bridgehead atoms. The molecular formula is C8H13N3. The summed E-state index contributed by atoms with van der Waals surface area (Å²) < 4.78 is 2.20. The van der Waals surface area contributed by atoms with Crippen molar-refractivity contribution >= 4 is 0 Å². The minimum Gasteiger partial charge on any atom is -0.333 e. The lowest BCUT2D eigenvalue weighted by molar-refractivity contribution is 0.392. The molecule has 0 spiro atoms. The van der Waals surface area contributed by atoms with Crippen molar-refractivity contribution in [2.24, 2.45) is 0 Å². The average Bonchev–Trinajstić information content (AvgIpc) is 2.55. The molecule has 0 aliphatic carbocycles. The van der Waals surface area contributed by atoms with Crippen molar-refractivity contribution in [3.05, 3.63) is 18.7 Å². The molecule has 1 aliphatic heterocycles. The highest BCUT2D eigenvalue weighted by Crippen LogP contribution is 2.18. The van der Waals surface area contributed by atoms with Crippen LogP contribution in [-0.4, -0.2) is 34.6 Å². The van der Waals surface area contributed by atoms with Crippen LogP contribution in [-0.2, 0) is 0 Å². The van der Waals surface area contributed by atoms with E-state index in [9.17, 15) is 0 Å². The number of likely N-dealkylation sites (N-methyl/N-ethyl adjacent to an activating group) is 1. The molecule has 1 fully saturated rings. The summed E-state index contributed by atoms with van der Waals surface area (Å²) >= 11 is 0. The van der Waals surface area contributed by atoms with Crippen molar-refractivity contribution in [1.29, 1.82) is 0 Å². The first-order valence-electron chi connectivity index (χ1n) is 4.02. The number of nitrogens with zero attached hydrogens (tertiary/aromatic N) is 3. The second-order valence-electron chi connectivity index (χ2n) is 3.21. The Bertz CT molecular complexity index is 217. The molecule has 60 valence electrons. The van der Waals surface area contributed by atoms with E-state index >= 15 is 0 Å². The maximum Gasteiger partial charge on any atom is 0.0948 e. The lowest BCUT2D eigenvalue weighted by Crippen LogP contribution is -2.15. The molecule has 1 aromatic rings. The van der Waals surface area contributed by atoms with Crippen molar-refractivity contribution in [3.63, 3.8) is 0 Å². The van der Waals surface area contributed by atoms with Crippen LogP contribution in [0.25, 0.3) is 0 Å². The zero-order valence-electron chi connectivity index (χ0n) is 6.77. The number of rotatable bonds is 1. The van der Waals surface area contributed by atoms with Gasteiger partial charge in [-0.1, -0.05) is 0 Å². The summed E-state index contributed by atoms with van der Waals surface area (Å²) in [5, 5.41) is 0. The Morgan fingerprint density at radius 2 is 2.45 bits per heavy atom. The zero-order valence-corrected chi connectivity index (χ0v) is 6.77. The molecule has 2 heterocycles. The molecule has 3 heteroatoms. The van der Waals surface area contributed by atoms with Crippen LogP contribution in [0.3, 0.4) is 0 Å². The van der Waals surface area contributed by atoms with Gasteiger partial charge in [-0.3, -0.25) is 0 Å². The van der Waals surface area contributed by atoms with Gasteiger partial charge >= 0.3 is 0 Å². The van der Waals surface area contributed by atoms with Gasteiger partial charge in [0.05, 0.1) is 6.33 Å². The summed E-state index contributed by atoms with van der Waals surface area (Å²) in [6.45, 7) is 2.37. The van der Waals surface area contributed by atoms with Crippen LogP contribution < -0.4 is 0 Å². The summed E-state index contributed by atoms with van der Waals surface area (Å²) in [6.07, 6.45) is 7.05. The fourth-order valence-electron chi connectivity index (χ4n) is 1.64. The van der Waals surface area contributed by atoms with E-state index in [2.05, 4.69) is 21.5 Å². The van der Waals surface area contributed by atoms with Crippen LogP contribution in [0.2, 0.25) is 0 Å². The molecule has 1 aliphatic rings. The van der Waals surface area contributed by atoms with Gasteiger partial charge in [0.15, 0.2) is 0 Å². The van der Waals surface area contributed by atoms with Crippen LogP contribution in [0, 0.1) is 0 Å². The van der Waals surface area contributed by atoms with E-state index in [1.165, 1.54) is 13.0 Å². The van der Waals surface area contributed by atoms with Crippen molar-refractivity contribution in [2.45, 2.75) is 12.5 Å². The Morgan fingerprint density at radius 3 is 3.00 bits per heavy atom. The van der Waals surface area contributed by atoms with E-state index in [1.807, 2.05) is 18.7 Å². The van der Waals surface area contributed by atoms with E-state index in [4.69, 9.17) is 0 Å². The van der Waals surface area contributed by atoms with Crippen molar-refractivity contribution < 1.29 is 0 Å². The van der Waals surface area contributed by atoms with Crippen LogP contribution in [0.5, 0.6) is 0 Å². The molecule has 0 N–H and O–H groups in total. The van der Waals surface area contributed by atoms with Crippen molar-refractivity contribution in [2.75, 3.05) is 20.1 Å². The quantitative estimate of drug-likeness (QED) is 0.591. The van der Waals surface area contributed by atoms with Crippen LogP contribution in [0.4, 0.5) is 0 Å². The number of aromatic nitrogens is 2. The Morgan fingerprint density at radius 1 is 1.55 bits per heavy atom. The first-order chi connectivity index (χ1) is 5.36. The van der Waals surface area contributed by atoms with Crippen LogP contribution in [0.15, 0.2) is 18.7 Å². The molecule has 0 saturated carbocycles. The van der Waals surface area contributed by atoms with E-state index in [1.54, 1.807) is 0 Å². The third-order valence-corrected chi connectivity index (χ3v) is 2.31. The lowest BCUT2D eigenvalue weighted by Gasteiger charge is -2.10. The molecule has 3 nitrogen and oxygen atoms in total. The van der Waals surface area contributed by atoms with E-state index < -0.39 is 0 Å². The van der Waals surface area contributed by atoms with Gasteiger partial charge in [-0.05, 0) is 20.0 Å². The Kier molecular flexibility index (Phi) is 1.66. The smallest absolute Gasteiger partial charge is 0.0948 e. The number of hydrogen-bond donors (Lipinski definition) is 0. The van der Waals surface area contributed by atoms with Gasteiger partial charge in [0.25, 0.3) is 0 Å². The maximum absolute atomic E-state index is 4.04. The number of likely N-dealkylation sites (tertiary alicyclic amines) is 1. The minimum atomic E-state index is 0.655. The highest BCUT2D eigenvalue weighted by atomic mass is 15.2. The second-order valence-corrected chi connectivity index (χ2v) is 3.21. The Hall–Kier alpha value is -0.830. The van der Waals surface area contributed by atoms with E-state index in [0.717, 1.165) is 6.54 Å². The highest BCUT2D eigenvalue weighted by molar-refractivity contribution is 4.85. The summed E-state index contributed by atoms with van der Waals surface area (Å²) in [5.41, 5.74) is 0. The normalized spacial score (nSPS) is 26.1. The van der Waals surface area contributed by atoms with Crippen molar-refractivity contribution in [3.8, 4) is 0 Å². The van der Waals surface area contributed by atoms with Gasteiger partial charge in [0.1, 0.15) is 0 Å². The molecule has 0 amide bonds. The van der Waals surface area contributed by atoms with Gasteiger partial charge in [-0.25, -0.2) is 4.98 Å². The lowest BCUT2D eigenvalue weighted by atomic mass is 10.3. The van der Waals surface area contributed by atoms with Gasteiger partial charge < -0.3 is 9.47 Å². The Labute approximate surface area is 66.6 Å². The second kappa shape index (κ2) is 2.66. The zero-order chi connectivity index (χ0) is 7.68. The van der Waals surface area contributed by atoms with Gasteiger partial charge in [0.2, 0.25) is 0 Å². The van der Waals surface area contributed by atoms with Crippen LogP contribution in [0.1, 0.15) is 12.5 Å². The summed E-state index contributed by atoms with van der Waals surface area (Å²) in [6, 6.07) is 0.655. The third-order valence-electron chi connectivity index (χ3n) is 2.31. The summed E-state index contributed by atoms with van der Waals surface area (Å²) in [4.78, 5) is 6.39. The standard InChI is InChI=1S/C8H13N3/c1-10-4-2-8(6-10)11-5-3-9-7-11/h3,5,7-8H,2,4,6H2,1H3. The fraction of sp³-hybridized carbons (Fsp3) is 0.625. The van der Waals surface area contributed by atoms with E-state index in [-0.39, 0.29) is 0 Å². The largest absolute Gasteiger partial charge is 0.333 e. The molecule has 1 unspecified atom stereocenters. The summed E-state index contributed by atoms with van der Waals surface area (Å²) in [7, 11) is 2.16. The molecule has 1 atom stereocenters. The number of hydrogen-bond acceptors (Lipinski definition) is 2. The predicted molar refractivity (Wildman–Crippen MR) is 43.4 cm³/mol. The number of imidazole rings is 1. The molecule has 11 heavy (non-hydrogen) atoms. The fourth-order valence-corrected chi connectivity index (χ4v) is 1.64. The van der Waals surface area contributed by atoms with Gasteiger partial charge in [-0.2, -0.15) is 0 Å². The average molecular weight is 151 g/mol.